The fraction of sp³-hybridized carbons (Fsp3) is 0.562. The second-order valence-electron chi connectivity index (χ2n) is 6.21. The number of hydrogen-bond acceptors (Lipinski definition) is 9. The van der Waals surface area contributed by atoms with E-state index in [9.17, 15) is 4.79 Å². The van der Waals surface area contributed by atoms with Crippen molar-refractivity contribution >= 4 is 11.9 Å². The molecule has 1 aliphatic carbocycles. The van der Waals surface area contributed by atoms with Crippen molar-refractivity contribution in [3.05, 3.63) is 23.3 Å². The summed E-state index contributed by atoms with van der Waals surface area (Å²) in [6.45, 7) is 2.77. The van der Waals surface area contributed by atoms with Crippen molar-refractivity contribution in [2.75, 3.05) is 38.3 Å². The largest absolute Gasteiger partial charge is 0.467 e. The van der Waals surface area contributed by atoms with Crippen LogP contribution in [0.5, 0.6) is 6.01 Å². The predicted molar refractivity (Wildman–Crippen MR) is 89.1 cm³/mol. The van der Waals surface area contributed by atoms with Crippen LogP contribution in [-0.2, 0) is 11.3 Å². The summed E-state index contributed by atoms with van der Waals surface area (Å²) in [4.78, 5) is 27.1. The van der Waals surface area contributed by atoms with Crippen LogP contribution in [0.2, 0.25) is 0 Å². The van der Waals surface area contributed by atoms with Gasteiger partial charge in [-0.2, -0.15) is 15.0 Å². The van der Waals surface area contributed by atoms with Crippen LogP contribution in [0.1, 0.15) is 40.8 Å². The average molecular weight is 360 g/mol. The minimum atomic E-state index is -0.326. The first-order valence-electron chi connectivity index (χ1n) is 8.59. The summed E-state index contributed by atoms with van der Waals surface area (Å²) >= 11 is 0. The number of anilines is 1. The number of carbonyl (C=O) groups excluding carboxylic acids is 1. The third-order valence-corrected chi connectivity index (χ3v) is 4.27. The van der Waals surface area contributed by atoms with E-state index in [0.29, 0.717) is 44.0 Å². The van der Waals surface area contributed by atoms with Crippen molar-refractivity contribution in [1.82, 2.24) is 25.4 Å². The first-order chi connectivity index (χ1) is 12.7. The normalized spacial score (nSPS) is 17.2. The highest BCUT2D eigenvalue weighted by Gasteiger charge is 2.29. The van der Waals surface area contributed by atoms with Crippen molar-refractivity contribution in [2.45, 2.75) is 25.3 Å². The number of hydrogen-bond donors (Lipinski definition) is 1. The van der Waals surface area contributed by atoms with E-state index >= 15 is 0 Å². The van der Waals surface area contributed by atoms with Gasteiger partial charge in [0.25, 0.3) is 5.91 Å². The zero-order valence-corrected chi connectivity index (χ0v) is 14.5. The fourth-order valence-electron chi connectivity index (χ4n) is 2.67. The molecule has 10 heteroatoms. The second-order valence-corrected chi connectivity index (χ2v) is 6.21. The summed E-state index contributed by atoms with van der Waals surface area (Å²) in [7, 11) is 1.50. The number of aromatic nitrogens is 4. The SMILES string of the molecule is COc1nc(CNC(=O)c2cc(C3CC3)on2)nc(N2CCOCC2)n1. The maximum Gasteiger partial charge on any atom is 0.321 e. The lowest BCUT2D eigenvalue weighted by Gasteiger charge is -2.26. The zero-order chi connectivity index (χ0) is 17.9. The van der Waals surface area contributed by atoms with E-state index in [-0.39, 0.29) is 24.2 Å². The van der Waals surface area contributed by atoms with Gasteiger partial charge < -0.3 is 24.2 Å². The summed E-state index contributed by atoms with van der Waals surface area (Å²) in [5.74, 6) is 1.78. The topological polar surface area (TPSA) is 116 Å². The molecule has 0 radical (unpaired) electrons. The van der Waals surface area contributed by atoms with Crippen LogP contribution >= 0.6 is 0 Å². The van der Waals surface area contributed by atoms with E-state index in [1.165, 1.54) is 7.11 Å². The lowest BCUT2D eigenvalue weighted by atomic mass is 10.3. The van der Waals surface area contributed by atoms with Crippen LogP contribution in [0.25, 0.3) is 0 Å². The van der Waals surface area contributed by atoms with Gasteiger partial charge >= 0.3 is 6.01 Å². The molecule has 1 aliphatic heterocycles. The Kier molecular flexibility index (Phi) is 4.65. The summed E-state index contributed by atoms with van der Waals surface area (Å²) in [6, 6.07) is 1.91. The molecule has 2 fully saturated rings. The van der Waals surface area contributed by atoms with Crippen molar-refractivity contribution in [2.24, 2.45) is 0 Å². The van der Waals surface area contributed by atoms with Crippen molar-refractivity contribution in [3.8, 4) is 6.01 Å². The molecule has 1 amide bonds. The Morgan fingerprint density at radius 1 is 1.31 bits per heavy atom. The fourth-order valence-corrected chi connectivity index (χ4v) is 2.67. The van der Waals surface area contributed by atoms with Gasteiger partial charge in [0.05, 0.1) is 26.9 Å². The molecule has 26 heavy (non-hydrogen) atoms. The molecule has 0 aromatic carbocycles. The molecule has 2 aromatic heterocycles. The quantitative estimate of drug-likeness (QED) is 0.786. The summed E-state index contributed by atoms with van der Waals surface area (Å²) in [5, 5.41) is 6.58. The summed E-state index contributed by atoms with van der Waals surface area (Å²) < 4.78 is 15.7. The highest BCUT2D eigenvalue weighted by Crippen LogP contribution is 2.40. The van der Waals surface area contributed by atoms with Gasteiger partial charge in [-0.25, -0.2) is 0 Å². The molecule has 1 N–H and O–H groups in total. The van der Waals surface area contributed by atoms with E-state index in [2.05, 4.69) is 25.4 Å². The average Bonchev–Trinajstić information content (AvgIpc) is 3.43. The number of nitrogens with zero attached hydrogens (tertiary/aromatic N) is 5. The molecule has 3 heterocycles. The molecule has 0 atom stereocenters. The van der Waals surface area contributed by atoms with E-state index in [1.807, 2.05) is 4.90 Å². The molecule has 0 spiro atoms. The van der Waals surface area contributed by atoms with Crippen LogP contribution in [0.4, 0.5) is 5.95 Å². The third-order valence-electron chi connectivity index (χ3n) is 4.27. The van der Waals surface area contributed by atoms with E-state index in [0.717, 1.165) is 18.6 Å². The van der Waals surface area contributed by atoms with Gasteiger partial charge in [-0.15, -0.1) is 0 Å². The maximum atomic E-state index is 12.3. The van der Waals surface area contributed by atoms with Crippen molar-refractivity contribution < 1.29 is 18.8 Å². The lowest BCUT2D eigenvalue weighted by Crippen LogP contribution is -2.37. The second kappa shape index (κ2) is 7.24. The molecule has 2 aromatic rings. The van der Waals surface area contributed by atoms with Crippen LogP contribution in [0.3, 0.4) is 0 Å². The Morgan fingerprint density at radius 3 is 2.85 bits per heavy atom. The zero-order valence-electron chi connectivity index (χ0n) is 14.5. The van der Waals surface area contributed by atoms with Gasteiger partial charge in [0.15, 0.2) is 11.5 Å². The first kappa shape index (κ1) is 16.7. The number of rotatable bonds is 6. The number of carbonyl (C=O) groups is 1. The molecule has 0 bridgehead atoms. The Hall–Kier alpha value is -2.75. The van der Waals surface area contributed by atoms with Gasteiger partial charge in [0, 0.05) is 25.1 Å². The Balaban J connectivity index is 1.43. The van der Waals surface area contributed by atoms with Gasteiger partial charge in [0.1, 0.15) is 5.76 Å². The minimum absolute atomic E-state index is 0.140. The molecule has 1 saturated heterocycles. The van der Waals surface area contributed by atoms with Crippen LogP contribution in [0, 0.1) is 0 Å². The predicted octanol–water partition coefficient (Wildman–Crippen LogP) is 0.512. The van der Waals surface area contributed by atoms with E-state index < -0.39 is 0 Å². The molecule has 10 nitrogen and oxygen atoms in total. The molecular weight excluding hydrogens is 340 g/mol. The standard InChI is InChI=1S/C16H20N6O4/c1-24-16-19-13(18-15(20-16)22-4-6-25-7-5-22)9-17-14(23)11-8-12(26-21-11)10-2-3-10/h8,10H,2-7,9H2,1H3,(H,17,23). The van der Waals surface area contributed by atoms with Gasteiger partial charge in [-0.1, -0.05) is 5.16 Å². The van der Waals surface area contributed by atoms with Gasteiger partial charge in [0.2, 0.25) is 5.95 Å². The first-order valence-corrected chi connectivity index (χ1v) is 8.59. The molecule has 138 valence electrons. The highest BCUT2D eigenvalue weighted by atomic mass is 16.5. The summed E-state index contributed by atoms with van der Waals surface area (Å²) in [5.41, 5.74) is 0.265. The number of nitrogens with one attached hydrogen (secondary N) is 1. The molecule has 1 saturated carbocycles. The number of ether oxygens (including phenoxy) is 2. The number of morpholine rings is 1. The maximum absolute atomic E-state index is 12.3. The van der Waals surface area contributed by atoms with E-state index in [1.54, 1.807) is 6.07 Å². The third kappa shape index (κ3) is 3.74. The molecule has 2 aliphatic rings. The number of methoxy groups -OCH3 is 1. The van der Waals surface area contributed by atoms with Crippen LogP contribution < -0.4 is 15.0 Å². The van der Waals surface area contributed by atoms with E-state index in [4.69, 9.17) is 14.0 Å². The van der Waals surface area contributed by atoms with Crippen LogP contribution in [0.15, 0.2) is 10.6 Å². The summed E-state index contributed by atoms with van der Waals surface area (Å²) in [6.07, 6.45) is 2.18. The molecule has 0 unspecified atom stereocenters. The van der Waals surface area contributed by atoms with Crippen molar-refractivity contribution in [3.63, 3.8) is 0 Å². The molecular formula is C16H20N6O4. The van der Waals surface area contributed by atoms with Crippen molar-refractivity contribution in [1.29, 1.82) is 0 Å². The lowest BCUT2D eigenvalue weighted by molar-refractivity contribution is 0.0940. The Bertz CT molecular complexity index is 785. The van der Waals surface area contributed by atoms with Gasteiger partial charge in [-0.3, -0.25) is 4.79 Å². The monoisotopic (exact) mass is 360 g/mol. The van der Waals surface area contributed by atoms with Crippen LogP contribution in [-0.4, -0.2) is 59.4 Å². The number of amides is 1. The highest BCUT2D eigenvalue weighted by molar-refractivity contribution is 5.92. The minimum Gasteiger partial charge on any atom is -0.467 e. The van der Waals surface area contributed by atoms with Gasteiger partial charge in [-0.05, 0) is 12.8 Å². The molecule has 4 rings (SSSR count). The Labute approximate surface area is 149 Å². The Morgan fingerprint density at radius 2 is 2.12 bits per heavy atom. The smallest absolute Gasteiger partial charge is 0.321 e.